The van der Waals surface area contributed by atoms with Gasteiger partial charge in [0.2, 0.25) is 0 Å². The second kappa shape index (κ2) is 9.02. The molecule has 0 N–H and O–H groups in total. The second-order valence-electron chi connectivity index (χ2n) is 10.2. The van der Waals surface area contributed by atoms with Crippen molar-refractivity contribution in [3.8, 4) is 0 Å². The zero-order valence-electron chi connectivity index (χ0n) is 20.4. The van der Waals surface area contributed by atoms with Gasteiger partial charge in [0.05, 0.1) is 12.2 Å². The van der Waals surface area contributed by atoms with Crippen molar-refractivity contribution in [1.82, 2.24) is 0 Å². The van der Waals surface area contributed by atoms with E-state index < -0.39 is 0 Å². The Bertz CT molecular complexity index is 975. The van der Waals surface area contributed by atoms with Crippen LogP contribution in [0.3, 0.4) is 0 Å². The van der Waals surface area contributed by atoms with E-state index in [-0.39, 0.29) is 16.8 Å². The smallest absolute Gasteiger partial charge is 0.338 e. The van der Waals surface area contributed by atoms with Crippen LogP contribution in [0, 0.1) is 0 Å². The zero-order chi connectivity index (χ0) is 22.8. The largest absolute Gasteiger partial charge is 0.462 e. The molecule has 2 aromatic rings. The molecule has 0 aromatic heterocycles. The molecule has 0 spiro atoms. The van der Waals surface area contributed by atoms with E-state index in [9.17, 15) is 4.79 Å². The molecule has 166 valence electrons. The van der Waals surface area contributed by atoms with Gasteiger partial charge in [-0.3, -0.25) is 0 Å². The Morgan fingerprint density at radius 2 is 1.55 bits per heavy atom. The molecular formula is C29H38O2. The van der Waals surface area contributed by atoms with Gasteiger partial charge >= 0.3 is 5.97 Å². The van der Waals surface area contributed by atoms with Gasteiger partial charge in [0.15, 0.2) is 0 Å². The minimum absolute atomic E-state index is 0.200. The van der Waals surface area contributed by atoms with Crippen molar-refractivity contribution in [2.24, 2.45) is 0 Å². The van der Waals surface area contributed by atoms with Gasteiger partial charge in [0, 0.05) is 0 Å². The molecule has 0 fully saturated rings. The van der Waals surface area contributed by atoms with Gasteiger partial charge in [-0.15, -0.1) is 0 Å². The van der Waals surface area contributed by atoms with Crippen LogP contribution in [-0.2, 0) is 22.0 Å². The molecule has 1 aliphatic carbocycles. The lowest BCUT2D eigenvalue weighted by molar-refractivity contribution is 0.0526. The maximum atomic E-state index is 11.9. The Morgan fingerprint density at radius 3 is 2.10 bits per heavy atom. The topological polar surface area (TPSA) is 26.3 Å². The fourth-order valence-electron chi connectivity index (χ4n) is 4.76. The Labute approximate surface area is 188 Å². The summed E-state index contributed by atoms with van der Waals surface area (Å²) in [6.07, 6.45) is 6.91. The van der Waals surface area contributed by atoms with Gasteiger partial charge < -0.3 is 4.74 Å². The molecule has 2 aromatic carbocycles. The highest BCUT2D eigenvalue weighted by Gasteiger charge is 2.37. The number of hydrogen-bond donors (Lipinski definition) is 0. The van der Waals surface area contributed by atoms with E-state index in [2.05, 4.69) is 59.8 Å². The van der Waals surface area contributed by atoms with Crippen molar-refractivity contribution in [3.05, 3.63) is 69.8 Å². The molecule has 2 heteroatoms. The highest BCUT2D eigenvalue weighted by Crippen LogP contribution is 2.47. The van der Waals surface area contributed by atoms with E-state index in [0.717, 1.165) is 18.4 Å². The summed E-state index contributed by atoms with van der Waals surface area (Å²) < 4.78 is 5.10. The zero-order valence-corrected chi connectivity index (χ0v) is 20.4. The number of carbonyl (C=O) groups is 1. The standard InChI is InChI=1S/C29H38O2/c1-8-10-23-18-25-26(29(6,7)16-15-28(25,4)5)19-24(23)20(3)17-21-11-13-22(14-12-21)27(30)31-9-2/h11-14,17-19H,8-10,15-16H2,1-7H3. The number of hydrogen-bond acceptors (Lipinski definition) is 2. The van der Waals surface area contributed by atoms with E-state index in [0.29, 0.717) is 12.2 Å². The molecule has 3 rings (SSSR count). The van der Waals surface area contributed by atoms with E-state index >= 15 is 0 Å². The van der Waals surface area contributed by atoms with Crippen LogP contribution in [-0.4, -0.2) is 12.6 Å². The maximum Gasteiger partial charge on any atom is 0.338 e. The molecule has 2 nitrogen and oxygen atoms in total. The number of esters is 1. The molecule has 0 bridgehead atoms. The first-order chi connectivity index (χ1) is 14.6. The van der Waals surface area contributed by atoms with Crippen LogP contribution in [0.4, 0.5) is 0 Å². The van der Waals surface area contributed by atoms with Gasteiger partial charge in [0.1, 0.15) is 0 Å². The third-order valence-corrected chi connectivity index (χ3v) is 6.83. The fourth-order valence-corrected chi connectivity index (χ4v) is 4.76. The number of rotatable bonds is 6. The van der Waals surface area contributed by atoms with Crippen LogP contribution < -0.4 is 0 Å². The predicted octanol–water partition coefficient (Wildman–Crippen LogP) is 7.73. The summed E-state index contributed by atoms with van der Waals surface area (Å²) in [6, 6.07) is 12.7. The summed E-state index contributed by atoms with van der Waals surface area (Å²) in [7, 11) is 0. The van der Waals surface area contributed by atoms with Crippen LogP contribution in [0.25, 0.3) is 11.6 Å². The quantitative estimate of drug-likeness (QED) is 0.354. The summed E-state index contributed by atoms with van der Waals surface area (Å²) in [6.45, 7) is 16.2. The number of aryl methyl sites for hydroxylation is 1. The summed E-state index contributed by atoms with van der Waals surface area (Å²) in [5, 5.41) is 0. The average molecular weight is 419 g/mol. The molecule has 0 radical (unpaired) electrons. The lowest BCUT2D eigenvalue weighted by Gasteiger charge is -2.42. The molecule has 0 saturated carbocycles. The summed E-state index contributed by atoms with van der Waals surface area (Å²) >= 11 is 0. The third-order valence-electron chi connectivity index (χ3n) is 6.83. The summed E-state index contributed by atoms with van der Waals surface area (Å²) in [4.78, 5) is 11.9. The van der Waals surface area contributed by atoms with Gasteiger partial charge in [-0.25, -0.2) is 4.79 Å². The van der Waals surface area contributed by atoms with E-state index in [1.165, 1.54) is 40.7 Å². The first-order valence-electron chi connectivity index (χ1n) is 11.7. The highest BCUT2D eigenvalue weighted by molar-refractivity contribution is 5.90. The van der Waals surface area contributed by atoms with Gasteiger partial charge in [-0.05, 0) is 89.5 Å². The van der Waals surface area contributed by atoms with Crippen molar-refractivity contribution in [2.75, 3.05) is 6.61 Å². The normalized spacial score (nSPS) is 17.2. The lowest BCUT2D eigenvalue weighted by Crippen LogP contribution is -2.34. The van der Waals surface area contributed by atoms with Crippen LogP contribution in [0.5, 0.6) is 0 Å². The van der Waals surface area contributed by atoms with Crippen LogP contribution in [0.15, 0.2) is 36.4 Å². The molecule has 0 atom stereocenters. The minimum Gasteiger partial charge on any atom is -0.462 e. The molecular weight excluding hydrogens is 380 g/mol. The van der Waals surface area contributed by atoms with Gasteiger partial charge in [-0.1, -0.05) is 71.4 Å². The molecule has 0 aliphatic heterocycles. The molecule has 1 aliphatic rings. The molecule has 0 unspecified atom stereocenters. The number of allylic oxidation sites excluding steroid dienone is 1. The van der Waals surface area contributed by atoms with Crippen molar-refractivity contribution < 1.29 is 9.53 Å². The predicted molar refractivity (Wildman–Crippen MR) is 132 cm³/mol. The monoisotopic (exact) mass is 418 g/mol. The Kier molecular flexibility index (Phi) is 6.79. The van der Waals surface area contributed by atoms with Gasteiger partial charge in [0.25, 0.3) is 0 Å². The first-order valence-corrected chi connectivity index (χ1v) is 11.7. The molecule has 0 heterocycles. The lowest BCUT2D eigenvalue weighted by atomic mass is 9.62. The van der Waals surface area contributed by atoms with Crippen molar-refractivity contribution >= 4 is 17.6 Å². The summed E-state index contributed by atoms with van der Waals surface area (Å²) in [5.41, 5.74) is 9.25. The van der Waals surface area contributed by atoms with E-state index in [4.69, 9.17) is 4.74 Å². The number of carbonyl (C=O) groups excluding carboxylic acids is 1. The fraction of sp³-hybridized carbons (Fsp3) is 0.483. The van der Waals surface area contributed by atoms with Gasteiger partial charge in [-0.2, -0.15) is 0 Å². The Morgan fingerprint density at radius 1 is 0.968 bits per heavy atom. The van der Waals surface area contributed by atoms with E-state index in [1.807, 2.05) is 31.2 Å². The average Bonchev–Trinajstić information content (AvgIpc) is 2.72. The SMILES string of the molecule is CCCc1cc2c(cc1C(C)=Cc1ccc(C(=O)OCC)cc1)C(C)(C)CCC2(C)C. The van der Waals surface area contributed by atoms with E-state index in [1.54, 1.807) is 0 Å². The Balaban J connectivity index is 2.04. The first kappa shape index (κ1) is 23.3. The van der Waals surface area contributed by atoms with Crippen LogP contribution in [0.1, 0.15) is 106 Å². The third kappa shape index (κ3) is 4.95. The molecule has 0 saturated heterocycles. The molecule has 31 heavy (non-hydrogen) atoms. The Hall–Kier alpha value is -2.35. The van der Waals surface area contributed by atoms with Crippen LogP contribution >= 0.6 is 0 Å². The van der Waals surface area contributed by atoms with Crippen molar-refractivity contribution in [3.63, 3.8) is 0 Å². The van der Waals surface area contributed by atoms with Crippen LogP contribution in [0.2, 0.25) is 0 Å². The van der Waals surface area contributed by atoms with Crippen molar-refractivity contribution in [1.29, 1.82) is 0 Å². The minimum atomic E-state index is -0.264. The highest BCUT2D eigenvalue weighted by atomic mass is 16.5. The number of fused-ring (bicyclic) bond motifs is 1. The molecule has 0 amide bonds. The summed E-state index contributed by atoms with van der Waals surface area (Å²) in [5.74, 6) is -0.264. The number of benzene rings is 2. The van der Waals surface area contributed by atoms with Crippen molar-refractivity contribution in [2.45, 2.75) is 85.0 Å². The number of ether oxygens (including phenoxy) is 1. The second-order valence-corrected chi connectivity index (χ2v) is 10.2. The maximum absolute atomic E-state index is 11.9.